The van der Waals surface area contributed by atoms with Crippen molar-refractivity contribution in [2.45, 2.75) is 25.9 Å². The molecule has 1 aliphatic rings. The first-order valence-corrected chi connectivity index (χ1v) is 6.60. The minimum absolute atomic E-state index is 0.187. The molecule has 0 fully saturated rings. The maximum Gasteiger partial charge on any atom is 0.122 e. The van der Waals surface area contributed by atoms with E-state index >= 15 is 0 Å². The first-order chi connectivity index (χ1) is 8.72. The molecular formula is C15H22O3. The predicted octanol–water partition coefficient (Wildman–Crippen LogP) is 2.27. The molecule has 100 valence electrons. The van der Waals surface area contributed by atoms with E-state index in [0.29, 0.717) is 13.2 Å². The van der Waals surface area contributed by atoms with Crippen molar-refractivity contribution in [2.24, 2.45) is 11.8 Å². The largest absolute Gasteiger partial charge is 0.493 e. The number of hydrogen-bond donors (Lipinski definition) is 1. The SMILES string of the molecule is COCCC(C)C(O)C1COc2ccccc2C1. The summed E-state index contributed by atoms with van der Waals surface area (Å²) in [6.45, 7) is 3.38. The second-order valence-corrected chi connectivity index (χ2v) is 5.13. The van der Waals surface area contributed by atoms with Gasteiger partial charge in [-0.3, -0.25) is 0 Å². The Hall–Kier alpha value is -1.06. The molecule has 0 bridgehead atoms. The van der Waals surface area contributed by atoms with Gasteiger partial charge in [0.05, 0.1) is 12.7 Å². The number of methoxy groups -OCH3 is 1. The van der Waals surface area contributed by atoms with Gasteiger partial charge >= 0.3 is 0 Å². The summed E-state index contributed by atoms with van der Waals surface area (Å²) in [6, 6.07) is 8.07. The molecular weight excluding hydrogens is 228 g/mol. The maximum atomic E-state index is 10.4. The fourth-order valence-corrected chi connectivity index (χ4v) is 2.51. The minimum atomic E-state index is -0.325. The summed E-state index contributed by atoms with van der Waals surface area (Å²) in [6.07, 6.45) is 1.46. The van der Waals surface area contributed by atoms with Gasteiger partial charge in [-0.1, -0.05) is 25.1 Å². The van der Waals surface area contributed by atoms with E-state index in [1.165, 1.54) is 5.56 Å². The summed E-state index contributed by atoms with van der Waals surface area (Å²) in [5.41, 5.74) is 1.20. The second kappa shape index (κ2) is 6.21. The monoisotopic (exact) mass is 250 g/mol. The Labute approximate surface area is 109 Å². The topological polar surface area (TPSA) is 38.7 Å². The number of fused-ring (bicyclic) bond motifs is 1. The molecule has 18 heavy (non-hydrogen) atoms. The van der Waals surface area contributed by atoms with Gasteiger partial charge in [0.2, 0.25) is 0 Å². The lowest BCUT2D eigenvalue weighted by atomic mass is 9.85. The van der Waals surface area contributed by atoms with Crippen LogP contribution in [-0.2, 0) is 11.2 Å². The fourth-order valence-electron chi connectivity index (χ4n) is 2.51. The number of aliphatic hydroxyl groups excluding tert-OH is 1. The van der Waals surface area contributed by atoms with E-state index in [1.54, 1.807) is 7.11 Å². The Morgan fingerprint density at radius 1 is 1.44 bits per heavy atom. The van der Waals surface area contributed by atoms with Crippen molar-refractivity contribution in [3.63, 3.8) is 0 Å². The zero-order chi connectivity index (χ0) is 13.0. The van der Waals surface area contributed by atoms with Crippen LogP contribution in [0.25, 0.3) is 0 Å². The highest BCUT2D eigenvalue weighted by Gasteiger charge is 2.29. The van der Waals surface area contributed by atoms with Gasteiger partial charge in [0.25, 0.3) is 0 Å². The zero-order valence-electron chi connectivity index (χ0n) is 11.1. The van der Waals surface area contributed by atoms with Crippen molar-refractivity contribution in [1.29, 1.82) is 0 Å². The molecule has 0 aromatic heterocycles. The Balaban J connectivity index is 1.95. The van der Waals surface area contributed by atoms with Crippen LogP contribution in [0.3, 0.4) is 0 Å². The molecule has 0 saturated carbocycles. The molecule has 1 aromatic rings. The van der Waals surface area contributed by atoms with Crippen molar-refractivity contribution >= 4 is 0 Å². The van der Waals surface area contributed by atoms with Crippen LogP contribution >= 0.6 is 0 Å². The van der Waals surface area contributed by atoms with E-state index < -0.39 is 0 Å². The van der Waals surface area contributed by atoms with Crippen LogP contribution in [0, 0.1) is 11.8 Å². The van der Waals surface area contributed by atoms with E-state index in [1.807, 2.05) is 18.2 Å². The molecule has 3 atom stereocenters. The van der Waals surface area contributed by atoms with Gasteiger partial charge in [-0.25, -0.2) is 0 Å². The van der Waals surface area contributed by atoms with Crippen molar-refractivity contribution in [1.82, 2.24) is 0 Å². The summed E-state index contributed by atoms with van der Waals surface area (Å²) >= 11 is 0. The highest BCUT2D eigenvalue weighted by molar-refractivity contribution is 5.35. The molecule has 0 aliphatic carbocycles. The average molecular weight is 250 g/mol. The smallest absolute Gasteiger partial charge is 0.122 e. The maximum absolute atomic E-state index is 10.4. The number of benzene rings is 1. The number of rotatable bonds is 5. The highest BCUT2D eigenvalue weighted by atomic mass is 16.5. The van der Waals surface area contributed by atoms with Crippen molar-refractivity contribution in [2.75, 3.05) is 20.3 Å². The number of aliphatic hydroxyl groups is 1. The minimum Gasteiger partial charge on any atom is -0.493 e. The molecule has 0 saturated heterocycles. The molecule has 0 spiro atoms. The molecule has 1 aromatic carbocycles. The second-order valence-electron chi connectivity index (χ2n) is 5.13. The van der Waals surface area contributed by atoms with E-state index in [0.717, 1.165) is 18.6 Å². The normalized spacial score (nSPS) is 21.8. The first kappa shape index (κ1) is 13.4. The highest BCUT2D eigenvalue weighted by Crippen LogP contribution is 2.30. The third kappa shape index (κ3) is 3.03. The predicted molar refractivity (Wildman–Crippen MR) is 70.8 cm³/mol. The van der Waals surface area contributed by atoms with Crippen LogP contribution in [0.5, 0.6) is 5.75 Å². The molecule has 3 heteroatoms. The zero-order valence-corrected chi connectivity index (χ0v) is 11.1. The average Bonchev–Trinajstić information content (AvgIpc) is 2.43. The lowest BCUT2D eigenvalue weighted by Gasteiger charge is -2.31. The van der Waals surface area contributed by atoms with Crippen LogP contribution in [0.2, 0.25) is 0 Å². The van der Waals surface area contributed by atoms with Crippen LogP contribution in [-0.4, -0.2) is 31.5 Å². The van der Waals surface area contributed by atoms with Gasteiger partial charge < -0.3 is 14.6 Å². The van der Waals surface area contributed by atoms with Gasteiger partial charge in [0.1, 0.15) is 5.75 Å². The summed E-state index contributed by atoms with van der Waals surface area (Å²) in [4.78, 5) is 0. The van der Waals surface area contributed by atoms with Gasteiger partial charge in [-0.2, -0.15) is 0 Å². The summed E-state index contributed by atoms with van der Waals surface area (Å²) in [5.74, 6) is 1.39. The summed E-state index contributed by atoms with van der Waals surface area (Å²) < 4.78 is 10.8. The molecule has 0 radical (unpaired) electrons. The molecule has 1 N–H and O–H groups in total. The van der Waals surface area contributed by atoms with Gasteiger partial charge in [-0.05, 0) is 30.4 Å². The number of ether oxygens (including phenoxy) is 2. The van der Waals surface area contributed by atoms with Crippen molar-refractivity contribution < 1.29 is 14.6 Å². The Morgan fingerprint density at radius 3 is 3.00 bits per heavy atom. The quantitative estimate of drug-likeness (QED) is 0.871. The lowest BCUT2D eigenvalue weighted by molar-refractivity contribution is 0.0158. The number of hydrogen-bond acceptors (Lipinski definition) is 3. The lowest BCUT2D eigenvalue weighted by Crippen LogP contribution is -2.36. The van der Waals surface area contributed by atoms with E-state index in [2.05, 4.69) is 13.0 Å². The third-order valence-electron chi connectivity index (χ3n) is 3.75. The van der Waals surface area contributed by atoms with Crippen LogP contribution in [0.4, 0.5) is 0 Å². The number of para-hydroxylation sites is 1. The van der Waals surface area contributed by atoms with Gasteiger partial charge in [0, 0.05) is 19.6 Å². The van der Waals surface area contributed by atoms with Gasteiger partial charge in [0.15, 0.2) is 0 Å². The molecule has 0 amide bonds. The van der Waals surface area contributed by atoms with Crippen LogP contribution in [0.1, 0.15) is 18.9 Å². The Bertz CT molecular complexity index is 378. The third-order valence-corrected chi connectivity index (χ3v) is 3.75. The van der Waals surface area contributed by atoms with Gasteiger partial charge in [-0.15, -0.1) is 0 Å². The standard InChI is InChI=1S/C15H22O3/c1-11(7-8-17-2)15(16)13-9-12-5-3-4-6-14(12)18-10-13/h3-6,11,13,15-16H,7-10H2,1-2H3. The van der Waals surface area contributed by atoms with E-state index in [9.17, 15) is 5.11 Å². The molecule has 1 heterocycles. The summed E-state index contributed by atoms with van der Waals surface area (Å²) in [7, 11) is 1.69. The molecule has 2 rings (SSSR count). The van der Waals surface area contributed by atoms with Crippen LogP contribution < -0.4 is 4.74 Å². The van der Waals surface area contributed by atoms with Crippen LogP contribution in [0.15, 0.2) is 24.3 Å². The Morgan fingerprint density at radius 2 is 2.22 bits per heavy atom. The molecule has 3 nitrogen and oxygen atoms in total. The fraction of sp³-hybridized carbons (Fsp3) is 0.600. The molecule has 1 aliphatic heterocycles. The Kier molecular flexibility index (Phi) is 4.61. The molecule has 3 unspecified atom stereocenters. The first-order valence-electron chi connectivity index (χ1n) is 6.60. The van der Waals surface area contributed by atoms with E-state index in [-0.39, 0.29) is 17.9 Å². The van der Waals surface area contributed by atoms with Crippen molar-refractivity contribution in [3.8, 4) is 5.75 Å². The summed E-state index contributed by atoms with van der Waals surface area (Å²) in [5, 5.41) is 10.4. The van der Waals surface area contributed by atoms with E-state index in [4.69, 9.17) is 9.47 Å². The van der Waals surface area contributed by atoms with Crippen molar-refractivity contribution in [3.05, 3.63) is 29.8 Å².